The molecule has 0 aliphatic carbocycles. The normalized spacial score (nSPS) is 15.6. The van der Waals surface area contributed by atoms with Crippen LogP contribution in [0.25, 0.3) is 0 Å². The van der Waals surface area contributed by atoms with Crippen molar-refractivity contribution in [3.63, 3.8) is 0 Å². The number of methoxy groups -OCH3 is 1. The topological polar surface area (TPSA) is 117 Å². The van der Waals surface area contributed by atoms with Crippen LogP contribution in [0.3, 0.4) is 0 Å². The fourth-order valence-electron chi connectivity index (χ4n) is 1.97. The van der Waals surface area contributed by atoms with Crippen LogP contribution in [0.5, 0.6) is 5.75 Å². The van der Waals surface area contributed by atoms with Crippen molar-refractivity contribution in [1.29, 1.82) is 0 Å². The van der Waals surface area contributed by atoms with Gasteiger partial charge in [0.05, 0.1) is 20.2 Å². The second-order valence-corrected chi connectivity index (χ2v) is 5.85. The van der Waals surface area contributed by atoms with Gasteiger partial charge in [0.25, 0.3) is 6.34 Å². The van der Waals surface area contributed by atoms with Gasteiger partial charge in [-0.3, -0.25) is 4.58 Å². The number of ether oxygens (including phenoxy) is 1. The first-order chi connectivity index (χ1) is 10.8. The smallest absolute Gasteiger partial charge is 0.283 e. The summed E-state index contributed by atoms with van der Waals surface area (Å²) >= 11 is 6.17. The average molecular weight is 365 g/mol. The van der Waals surface area contributed by atoms with Crippen LogP contribution in [0.15, 0.2) is 29.3 Å². The van der Waals surface area contributed by atoms with Gasteiger partial charge in [-0.15, -0.1) is 10.2 Å². The van der Waals surface area contributed by atoms with Gasteiger partial charge >= 0.3 is 0 Å². The number of nitrogens with zero attached hydrogens (tertiary/aromatic N) is 2. The molecule has 2 rings (SSSR count). The highest BCUT2D eigenvalue weighted by molar-refractivity contribution is 6.70. The number of hydrogen-bond donors (Lipinski definition) is 0. The van der Waals surface area contributed by atoms with E-state index in [0.717, 1.165) is 24.4 Å². The predicted octanol–water partition coefficient (Wildman–Crippen LogP) is -1.85. The van der Waals surface area contributed by atoms with E-state index in [1.165, 1.54) is 19.3 Å². The molecule has 7 nitrogen and oxygen atoms in total. The molecule has 0 atom stereocenters. The molecule has 1 saturated heterocycles. The second kappa shape index (κ2) is 9.82. The Bertz CT molecular complexity index is 527. The van der Waals surface area contributed by atoms with Crippen molar-refractivity contribution in [2.45, 2.75) is 19.3 Å². The third-order valence-corrected chi connectivity index (χ3v) is 3.37. The van der Waals surface area contributed by atoms with Crippen molar-refractivity contribution in [2.24, 2.45) is 4.99 Å². The molecule has 1 aromatic carbocycles. The summed E-state index contributed by atoms with van der Waals surface area (Å²) in [5.74, 6) is 0.822. The van der Waals surface area contributed by atoms with Gasteiger partial charge < -0.3 is 4.74 Å². The fraction of sp³-hybridized carbons (Fsp3) is 0.429. The van der Waals surface area contributed by atoms with Gasteiger partial charge in [0.15, 0.2) is 0 Å². The van der Waals surface area contributed by atoms with Crippen LogP contribution in [-0.4, -0.2) is 36.3 Å². The van der Waals surface area contributed by atoms with Crippen molar-refractivity contribution in [2.75, 3.05) is 20.2 Å². The number of piperidine rings is 1. The summed E-state index contributed by atoms with van der Waals surface area (Å²) in [5, 5.41) is 0.517. The van der Waals surface area contributed by atoms with Crippen LogP contribution < -0.4 is 23.4 Å². The SMILES string of the molecule is COc1ccc(C(Cl)=NC=[N+]2CCCCC2)cc1.[O-][Cl+3]([O-])([O-])[O-]. The Hall–Kier alpha value is -1.22. The number of halogens is 2. The summed E-state index contributed by atoms with van der Waals surface area (Å²) in [5.41, 5.74) is 0.908. The molecular weight excluding hydrogens is 347 g/mol. The van der Waals surface area contributed by atoms with Crippen molar-refractivity contribution >= 4 is 23.1 Å². The molecule has 0 amide bonds. The maximum atomic E-state index is 8.49. The Morgan fingerprint density at radius 3 is 2.13 bits per heavy atom. The minimum absolute atomic E-state index is 0.517. The monoisotopic (exact) mass is 364 g/mol. The van der Waals surface area contributed by atoms with E-state index in [0.29, 0.717) is 5.17 Å². The van der Waals surface area contributed by atoms with Gasteiger partial charge in [0.2, 0.25) is 5.17 Å². The molecule has 0 unspecified atom stereocenters. The van der Waals surface area contributed by atoms with E-state index in [4.69, 9.17) is 35.0 Å². The molecule has 128 valence electrons. The highest BCUT2D eigenvalue weighted by Gasteiger charge is 2.09. The maximum absolute atomic E-state index is 8.49. The van der Waals surface area contributed by atoms with Crippen molar-refractivity contribution in [1.82, 2.24) is 0 Å². The lowest BCUT2D eigenvalue weighted by Gasteiger charge is -2.17. The van der Waals surface area contributed by atoms with E-state index >= 15 is 0 Å². The van der Waals surface area contributed by atoms with Gasteiger partial charge in [0.1, 0.15) is 5.75 Å². The zero-order valence-corrected chi connectivity index (χ0v) is 14.1. The van der Waals surface area contributed by atoms with Gasteiger partial charge in [-0.25, -0.2) is 18.6 Å². The molecule has 1 aliphatic heterocycles. The van der Waals surface area contributed by atoms with E-state index in [9.17, 15) is 0 Å². The highest BCUT2D eigenvalue weighted by atomic mass is 35.7. The van der Waals surface area contributed by atoms with Gasteiger partial charge in [-0.05, 0) is 60.1 Å². The van der Waals surface area contributed by atoms with Crippen LogP contribution in [0.4, 0.5) is 0 Å². The molecule has 0 aromatic heterocycles. The highest BCUT2D eigenvalue weighted by Crippen LogP contribution is 2.13. The second-order valence-electron chi connectivity index (χ2n) is 4.74. The maximum Gasteiger partial charge on any atom is 0.283 e. The number of aliphatic imine (C=N–C) groups is 1. The van der Waals surface area contributed by atoms with Crippen LogP contribution in [0.2, 0.25) is 0 Å². The molecule has 0 N–H and O–H groups in total. The first-order valence-corrected chi connectivity index (χ1v) is 8.47. The summed E-state index contributed by atoms with van der Waals surface area (Å²) in [7, 11) is -3.30. The molecule has 23 heavy (non-hydrogen) atoms. The van der Waals surface area contributed by atoms with E-state index in [2.05, 4.69) is 9.57 Å². The third-order valence-electron chi connectivity index (χ3n) is 3.05. The van der Waals surface area contributed by atoms with Crippen molar-refractivity contribution in [3.8, 4) is 5.75 Å². The predicted molar refractivity (Wildman–Crippen MR) is 75.3 cm³/mol. The van der Waals surface area contributed by atoms with Gasteiger partial charge in [-0.2, -0.15) is 0 Å². The van der Waals surface area contributed by atoms with Crippen LogP contribution in [0, 0.1) is 10.2 Å². The molecule has 0 radical (unpaired) electrons. The molecular formula is C14H18Cl2N2O5. The van der Waals surface area contributed by atoms with Crippen LogP contribution >= 0.6 is 11.6 Å². The molecule has 0 bridgehead atoms. The number of rotatable bonds is 3. The van der Waals surface area contributed by atoms with Gasteiger partial charge in [0, 0.05) is 5.56 Å². The Labute approximate surface area is 141 Å². The molecule has 9 heteroatoms. The summed E-state index contributed by atoms with van der Waals surface area (Å²) in [6.45, 7) is 2.16. The largest absolute Gasteiger partial charge is 0.497 e. The third kappa shape index (κ3) is 9.50. The minimum Gasteiger partial charge on any atom is -0.497 e. The number of hydrogen-bond acceptors (Lipinski definition) is 5. The lowest BCUT2D eigenvalue weighted by Crippen LogP contribution is -2.68. The number of benzene rings is 1. The molecule has 1 heterocycles. The molecule has 1 fully saturated rings. The molecule has 1 aromatic rings. The Kier molecular flexibility index (Phi) is 8.46. The van der Waals surface area contributed by atoms with Crippen molar-refractivity contribution in [3.05, 3.63) is 29.8 Å². The minimum atomic E-state index is -4.94. The first-order valence-electron chi connectivity index (χ1n) is 6.86. The van der Waals surface area contributed by atoms with Crippen LogP contribution in [-0.2, 0) is 0 Å². The summed E-state index contributed by atoms with van der Waals surface area (Å²) in [4.78, 5) is 4.32. The zero-order valence-electron chi connectivity index (χ0n) is 12.6. The van der Waals surface area contributed by atoms with E-state index in [1.807, 2.05) is 30.6 Å². The quantitative estimate of drug-likeness (QED) is 0.354. The van der Waals surface area contributed by atoms with Crippen molar-refractivity contribution < 1.29 is 38.2 Å². The van der Waals surface area contributed by atoms with E-state index in [-0.39, 0.29) is 0 Å². The summed E-state index contributed by atoms with van der Waals surface area (Å²) in [6.07, 6.45) is 5.66. The summed E-state index contributed by atoms with van der Waals surface area (Å²) < 4.78 is 41.3. The van der Waals surface area contributed by atoms with Gasteiger partial charge in [-0.1, -0.05) is 0 Å². The zero-order chi connectivity index (χ0) is 17.3. The fourth-order valence-corrected chi connectivity index (χ4v) is 2.14. The Morgan fingerprint density at radius 1 is 1.13 bits per heavy atom. The molecule has 0 spiro atoms. The standard InChI is InChI=1S/C14H18ClN2O.ClHO4/c1-18-13-7-5-12(6-8-13)14(15)16-11-17-9-3-2-4-10-17;2-1(3,4)5/h5-8,11H,2-4,9-10H2,1H3;(H,2,3,4,5)/q+1;/p-1. The summed E-state index contributed by atoms with van der Waals surface area (Å²) in [6, 6.07) is 7.59. The average Bonchev–Trinajstić information content (AvgIpc) is 2.52. The Balaban J connectivity index is 0.000000463. The van der Waals surface area contributed by atoms with E-state index in [1.54, 1.807) is 7.11 Å². The van der Waals surface area contributed by atoms with Crippen LogP contribution in [0.1, 0.15) is 24.8 Å². The Morgan fingerprint density at radius 2 is 1.65 bits per heavy atom. The molecule has 1 aliphatic rings. The lowest BCUT2D eigenvalue weighted by atomic mass is 10.2. The van der Waals surface area contributed by atoms with E-state index < -0.39 is 10.2 Å². The lowest BCUT2D eigenvalue weighted by molar-refractivity contribution is -2.00. The first kappa shape index (κ1) is 19.8. The molecule has 0 saturated carbocycles.